The van der Waals surface area contributed by atoms with Crippen molar-refractivity contribution in [3.8, 4) is 11.1 Å². The third kappa shape index (κ3) is 11.4. The SMILES string of the molecule is C=C/C=C\C(=C(C)C)N(CC(=O)N(Cc1ccc(-c2ccc(C(F)(F)F)cc2)cc1)C1CCN(CCn2cccn2)CC1)/C(=C\C)SCc1cccc(C)c1F. The Morgan fingerprint density at radius 1 is 0.982 bits per heavy atom. The van der Waals surface area contributed by atoms with Gasteiger partial charge in [-0.15, -0.1) is 11.8 Å². The summed E-state index contributed by atoms with van der Waals surface area (Å²) in [6.45, 7) is 15.3. The van der Waals surface area contributed by atoms with E-state index in [2.05, 4.69) is 16.6 Å². The highest BCUT2D eigenvalue weighted by atomic mass is 32.2. The van der Waals surface area contributed by atoms with Gasteiger partial charge in [-0.05, 0) is 92.6 Å². The summed E-state index contributed by atoms with van der Waals surface area (Å²) in [6.07, 6.45) is 8.43. The molecule has 0 bridgehead atoms. The summed E-state index contributed by atoms with van der Waals surface area (Å²) in [5.74, 6) is 0.128. The number of hydrogen-bond acceptors (Lipinski definition) is 5. The zero-order valence-corrected chi connectivity index (χ0v) is 33.4. The number of piperidine rings is 1. The predicted octanol–water partition coefficient (Wildman–Crippen LogP) is 10.6. The van der Waals surface area contributed by atoms with Crippen LogP contribution in [0.1, 0.15) is 55.9 Å². The Morgan fingerprint density at radius 2 is 1.66 bits per heavy atom. The predicted molar refractivity (Wildman–Crippen MR) is 220 cm³/mol. The molecule has 1 saturated heterocycles. The molecule has 2 heterocycles. The molecule has 3 aromatic carbocycles. The third-order valence-corrected chi connectivity index (χ3v) is 11.2. The summed E-state index contributed by atoms with van der Waals surface area (Å²) in [5, 5.41) is 5.17. The number of aryl methyl sites for hydroxylation is 1. The van der Waals surface area contributed by atoms with Crippen LogP contribution in [0, 0.1) is 12.7 Å². The number of carbonyl (C=O) groups is 1. The molecule has 56 heavy (non-hydrogen) atoms. The number of alkyl halides is 3. The lowest BCUT2D eigenvalue weighted by molar-refractivity contribution is -0.137. The number of amides is 1. The number of benzene rings is 3. The number of thioether (sulfide) groups is 1. The molecular formula is C45H51F4N5OS. The molecule has 0 unspecified atom stereocenters. The molecule has 0 atom stereocenters. The lowest BCUT2D eigenvalue weighted by Gasteiger charge is -2.40. The van der Waals surface area contributed by atoms with Crippen LogP contribution >= 0.6 is 11.8 Å². The zero-order chi connectivity index (χ0) is 40.2. The molecule has 4 aromatic rings. The van der Waals surface area contributed by atoms with Crippen LogP contribution in [0.2, 0.25) is 0 Å². The van der Waals surface area contributed by atoms with Crippen molar-refractivity contribution < 1.29 is 22.4 Å². The first kappa shape index (κ1) is 42.3. The smallest absolute Gasteiger partial charge is 0.334 e. The number of rotatable bonds is 16. The summed E-state index contributed by atoms with van der Waals surface area (Å²) in [7, 11) is 0. The van der Waals surface area contributed by atoms with E-state index in [-0.39, 0.29) is 24.3 Å². The average Bonchev–Trinajstić information content (AvgIpc) is 3.72. The van der Waals surface area contributed by atoms with E-state index in [0.717, 1.165) is 78.6 Å². The van der Waals surface area contributed by atoms with E-state index in [1.54, 1.807) is 31.3 Å². The second-order valence-electron chi connectivity index (χ2n) is 14.2. The third-order valence-electron chi connectivity index (χ3n) is 10.0. The van der Waals surface area contributed by atoms with Crippen LogP contribution in [0.15, 0.2) is 132 Å². The molecular weight excluding hydrogens is 735 g/mol. The number of aromatic nitrogens is 2. The van der Waals surface area contributed by atoms with Crippen LogP contribution in [0.25, 0.3) is 11.1 Å². The van der Waals surface area contributed by atoms with Gasteiger partial charge in [0.25, 0.3) is 0 Å². The van der Waals surface area contributed by atoms with E-state index in [9.17, 15) is 18.0 Å². The lowest BCUT2D eigenvalue weighted by Crippen LogP contribution is -2.50. The monoisotopic (exact) mass is 785 g/mol. The molecule has 1 aliphatic rings. The van der Waals surface area contributed by atoms with Crippen LogP contribution in [0.3, 0.4) is 0 Å². The molecule has 11 heteroatoms. The first-order valence-corrected chi connectivity index (χ1v) is 19.9. The Kier molecular flexibility index (Phi) is 15.0. The van der Waals surface area contributed by atoms with E-state index in [4.69, 9.17) is 0 Å². The number of nitrogens with zero attached hydrogens (tertiary/aromatic N) is 5. The van der Waals surface area contributed by atoms with Crippen LogP contribution < -0.4 is 0 Å². The summed E-state index contributed by atoms with van der Waals surface area (Å²) in [5.41, 5.74) is 4.76. The van der Waals surface area contributed by atoms with Gasteiger partial charge in [-0.3, -0.25) is 9.48 Å². The molecule has 1 aromatic heterocycles. The molecule has 0 spiro atoms. The molecule has 0 saturated carbocycles. The standard InChI is InChI=1S/C45H51F4N5OS/c1-6-8-13-41(33(3)4)54(43(7-2)56-32-38-12-9-11-34(5)44(38)46)31-42(55)53(40-22-26-51(27-23-40)28-29-52-25-10-24-50-52)30-35-14-16-36(17-15-35)37-18-20-39(21-19-37)45(47,48)49/h6-21,24-25,40H,1,22-23,26-32H2,2-5H3/b13-8-,43-7+. The summed E-state index contributed by atoms with van der Waals surface area (Å²) >= 11 is 1.49. The Morgan fingerprint density at radius 3 is 2.25 bits per heavy atom. The maximum Gasteiger partial charge on any atom is 0.416 e. The van der Waals surface area contributed by atoms with Crippen molar-refractivity contribution in [3.05, 3.63) is 160 Å². The Labute approximate surface area is 332 Å². The molecule has 0 aliphatic carbocycles. The molecule has 5 rings (SSSR count). The van der Waals surface area contributed by atoms with Crippen molar-refractivity contribution in [2.75, 3.05) is 26.2 Å². The highest BCUT2D eigenvalue weighted by Gasteiger charge is 2.31. The van der Waals surface area contributed by atoms with Gasteiger partial charge in [0, 0.05) is 56.1 Å². The molecule has 1 fully saturated rings. The van der Waals surface area contributed by atoms with Crippen LogP contribution in [0.5, 0.6) is 0 Å². The second kappa shape index (κ2) is 19.8. The van der Waals surface area contributed by atoms with Crippen LogP contribution in [-0.4, -0.2) is 62.6 Å². The first-order chi connectivity index (χ1) is 26.9. The number of halogens is 4. The Hall–Kier alpha value is -4.87. The minimum atomic E-state index is -4.40. The van der Waals surface area contributed by atoms with Gasteiger partial charge in [0.05, 0.1) is 17.1 Å². The van der Waals surface area contributed by atoms with Crippen LogP contribution in [-0.2, 0) is 29.8 Å². The quantitative estimate of drug-likeness (QED) is 0.0836. The number of likely N-dealkylation sites (tertiary alicyclic amines) is 1. The molecule has 0 radical (unpaired) electrons. The van der Waals surface area contributed by atoms with Gasteiger partial charge in [0.2, 0.25) is 5.91 Å². The number of carbonyl (C=O) groups excluding carboxylic acids is 1. The zero-order valence-electron chi connectivity index (χ0n) is 32.6. The van der Waals surface area contributed by atoms with Crippen molar-refractivity contribution in [1.82, 2.24) is 24.5 Å². The van der Waals surface area contributed by atoms with Gasteiger partial charge in [-0.2, -0.15) is 18.3 Å². The van der Waals surface area contributed by atoms with Crippen LogP contribution in [0.4, 0.5) is 17.6 Å². The fourth-order valence-corrected chi connectivity index (χ4v) is 7.90. The van der Waals surface area contributed by atoms with Gasteiger partial charge in [-0.25, -0.2) is 4.39 Å². The van der Waals surface area contributed by atoms with E-state index in [0.29, 0.717) is 29.0 Å². The number of allylic oxidation sites excluding steroid dienone is 5. The lowest BCUT2D eigenvalue weighted by atomic mass is 10.00. The topological polar surface area (TPSA) is 44.6 Å². The average molecular weight is 786 g/mol. The van der Waals surface area contributed by atoms with Gasteiger partial charge in [-0.1, -0.05) is 85.0 Å². The van der Waals surface area contributed by atoms with Gasteiger partial charge in [0.1, 0.15) is 12.4 Å². The normalized spacial score (nSPS) is 14.2. The second-order valence-corrected chi connectivity index (χ2v) is 15.2. The van der Waals surface area contributed by atoms with Crippen molar-refractivity contribution in [3.63, 3.8) is 0 Å². The summed E-state index contributed by atoms with van der Waals surface area (Å²) in [4.78, 5) is 21.2. The fourth-order valence-electron chi connectivity index (χ4n) is 6.89. The highest BCUT2D eigenvalue weighted by Crippen LogP contribution is 2.33. The highest BCUT2D eigenvalue weighted by molar-refractivity contribution is 8.02. The molecule has 1 amide bonds. The van der Waals surface area contributed by atoms with Crippen molar-refractivity contribution >= 4 is 17.7 Å². The maximum absolute atomic E-state index is 15.1. The van der Waals surface area contributed by atoms with Crippen molar-refractivity contribution in [2.45, 2.75) is 71.6 Å². The molecule has 6 nitrogen and oxygen atoms in total. The Balaban J connectivity index is 1.41. The summed E-state index contributed by atoms with van der Waals surface area (Å²) in [6, 6.07) is 20.1. The molecule has 0 N–H and O–H groups in total. The number of hydrogen-bond donors (Lipinski definition) is 0. The summed E-state index contributed by atoms with van der Waals surface area (Å²) < 4.78 is 56.6. The van der Waals surface area contributed by atoms with E-state index < -0.39 is 11.7 Å². The van der Waals surface area contributed by atoms with Gasteiger partial charge >= 0.3 is 6.18 Å². The molecule has 1 aliphatic heterocycles. The largest absolute Gasteiger partial charge is 0.416 e. The maximum atomic E-state index is 15.1. The fraction of sp³-hybridized carbons (Fsp3) is 0.333. The van der Waals surface area contributed by atoms with Crippen molar-refractivity contribution in [2.24, 2.45) is 0 Å². The van der Waals surface area contributed by atoms with Gasteiger partial charge in [0.15, 0.2) is 0 Å². The van der Waals surface area contributed by atoms with E-state index >= 15 is 4.39 Å². The van der Waals surface area contributed by atoms with Gasteiger partial charge < -0.3 is 14.7 Å². The van der Waals surface area contributed by atoms with E-state index in [1.165, 1.54) is 23.9 Å². The minimum Gasteiger partial charge on any atom is -0.334 e. The molecule has 296 valence electrons. The van der Waals surface area contributed by atoms with E-state index in [1.807, 2.05) is 96.1 Å². The van der Waals surface area contributed by atoms with Crippen molar-refractivity contribution in [1.29, 1.82) is 0 Å². The Bertz CT molecular complexity index is 1990. The first-order valence-electron chi connectivity index (χ1n) is 18.9. The minimum absolute atomic E-state index is 0.0122.